The third-order valence-corrected chi connectivity index (χ3v) is 5.27. The maximum Gasteiger partial charge on any atom is 0.227 e. The van der Waals surface area contributed by atoms with Crippen LogP contribution in [-0.4, -0.2) is 52.5 Å². The summed E-state index contributed by atoms with van der Waals surface area (Å²) in [5.74, 6) is 1.80. The summed E-state index contributed by atoms with van der Waals surface area (Å²) < 4.78 is 5.53. The highest BCUT2D eigenvalue weighted by Crippen LogP contribution is 2.28. The number of anilines is 2. The molecule has 7 heteroatoms. The van der Waals surface area contributed by atoms with Crippen molar-refractivity contribution >= 4 is 22.7 Å². The van der Waals surface area contributed by atoms with Gasteiger partial charge in [-0.25, -0.2) is 4.98 Å². The number of fused-ring (bicyclic) bond motifs is 1. The second kappa shape index (κ2) is 6.83. The predicted octanol–water partition coefficient (Wildman–Crippen LogP) is 2.25. The number of aliphatic hydroxyl groups is 1. The van der Waals surface area contributed by atoms with Gasteiger partial charge in [-0.2, -0.15) is 4.98 Å². The number of hydrogen-bond donors (Lipinski definition) is 3. The summed E-state index contributed by atoms with van der Waals surface area (Å²) in [7, 11) is 0. The Labute approximate surface area is 157 Å². The molecule has 7 nitrogen and oxygen atoms in total. The third-order valence-electron chi connectivity index (χ3n) is 5.27. The fourth-order valence-corrected chi connectivity index (χ4v) is 3.69. The van der Waals surface area contributed by atoms with Crippen LogP contribution < -0.4 is 10.2 Å². The van der Waals surface area contributed by atoms with Crippen LogP contribution in [0.15, 0.2) is 36.4 Å². The van der Waals surface area contributed by atoms with Crippen LogP contribution in [0.25, 0.3) is 10.9 Å². The summed E-state index contributed by atoms with van der Waals surface area (Å²) in [5.41, 5.74) is 3.26. The first kappa shape index (κ1) is 16.5. The number of hydrogen-bond acceptors (Lipinski definition) is 6. The van der Waals surface area contributed by atoms with Crippen LogP contribution in [0.2, 0.25) is 0 Å². The number of rotatable bonds is 5. The van der Waals surface area contributed by atoms with Crippen LogP contribution in [0.3, 0.4) is 0 Å². The smallest absolute Gasteiger partial charge is 0.227 e. The van der Waals surface area contributed by atoms with Crippen molar-refractivity contribution in [3.8, 4) is 0 Å². The zero-order valence-corrected chi connectivity index (χ0v) is 15.1. The van der Waals surface area contributed by atoms with Crippen LogP contribution in [0.4, 0.5) is 11.8 Å². The van der Waals surface area contributed by atoms with Crippen LogP contribution >= 0.6 is 0 Å². The van der Waals surface area contributed by atoms with E-state index in [0.29, 0.717) is 38.1 Å². The number of aromatic nitrogens is 3. The van der Waals surface area contributed by atoms with Crippen molar-refractivity contribution in [2.45, 2.75) is 25.0 Å². The van der Waals surface area contributed by atoms with Gasteiger partial charge in [-0.05, 0) is 23.9 Å². The van der Waals surface area contributed by atoms with E-state index in [0.717, 1.165) is 35.8 Å². The molecule has 1 aromatic carbocycles. The molecule has 1 unspecified atom stereocenters. The van der Waals surface area contributed by atoms with Crippen LogP contribution in [0.1, 0.15) is 23.7 Å². The molecule has 2 aliphatic heterocycles. The highest BCUT2D eigenvalue weighted by molar-refractivity contribution is 5.80. The summed E-state index contributed by atoms with van der Waals surface area (Å²) in [6.45, 7) is 3.33. The van der Waals surface area contributed by atoms with Crippen molar-refractivity contribution in [3.63, 3.8) is 0 Å². The number of benzene rings is 1. The van der Waals surface area contributed by atoms with Gasteiger partial charge in [0.15, 0.2) is 0 Å². The molecule has 0 amide bonds. The van der Waals surface area contributed by atoms with Gasteiger partial charge in [-0.1, -0.05) is 18.2 Å². The van der Waals surface area contributed by atoms with Gasteiger partial charge in [0, 0.05) is 42.9 Å². The van der Waals surface area contributed by atoms with Crippen molar-refractivity contribution in [1.82, 2.24) is 15.0 Å². The van der Waals surface area contributed by atoms with Gasteiger partial charge >= 0.3 is 0 Å². The number of aliphatic hydroxyl groups excluding tert-OH is 1. The van der Waals surface area contributed by atoms with E-state index in [1.54, 1.807) is 0 Å². The van der Waals surface area contributed by atoms with Crippen molar-refractivity contribution < 1.29 is 9.84 Å². The van der Waals surface area contributed by atoms with Gasteiger partial charge in [-0.15, -0.1) is 0 Å². The Morgan fingerprint density at radius 2 is 2.11 bits per heavy atom. The molecule has 5 rings (SSSR count). The lowest BCUT2D eigenvalue weighted by Gasteiger charge is -2.36. The van der Waals surface area contributed by atoms with Gasteiger partial charge in [0.25, 0.3) is 0 Å². The molecule has 27 heavy (non-hydrogen) atoms. The van der Waals surface area contributed by atoms with E-state index in [1.165, 1.54) is 5.39 Å². The van der Waals surface area contributed by atoms with E-state index in [1.807, 2.05) is 23.1 Å². The summed E-state index contributed by atoms with van der Waals surface area (Å²) in [6, 6.07) is 12.4. The Hall–Kier alpha value is -2.64. The first-order chi connectivity index (χ1) is 13.2. The molecule has 3 N–H and O–H groups in total. The Morgan fingerprint density at radius 3 is 2.89 bits per heavy atom. The molecular formula is C20H23N5O2. The molecule has 2 fully saturated rings. The predicted molar refractivity (Wildman–Crippen MR) is 104 cm³/mol. The van der Waals surface area contributed by atoms with Gasteiger partial charge < -0.3 is 25.0 Å². The lowest BCUT2D eigenvalue weighted by Crippen LogP contribution is -2.51. The number of aromatic amines is 1. The van der Waals surface area contributed by atoms with Crippen molar-refractivity contribution in [3.05, 3.63) is 47.8 Å². The number of H-pyrrole nitrogens is 1. The largest absolute Gasteiger partial charge is 0.389 e. The summed E-state index contributed by atoms with van der Waals surface area (Å²) in [6.07, 6.45) is 0.704. The second-order valence-electron chi connectivity index (χ2n) is 7.33. The van der Waals surface area contributed by atoms with Gasteiger partial charge in [0.05, 0.1) is 24.9 Å². The van der Waals surface area contributed by atoms with E-state index < -0.39 is 0 Å². The second-order valence-corrected chi connectivity index (χ2v) is 7.33. The number of nitrogens with zero attached hydrogens (tertiary/aromatic N) is 3. The molecule has 140 valence electrons. The molecule has 1 atom stereocenters. The third kappa shape index (κ3) is 3.36. The number of para-hydroxylation sites is 1. The van der Waals surface area contributed by atoms with Crippen LogP contribution in [0, 0.1) is 0 Å². The lowest BCUT2D eigenvalue weighted by molar-refractivity contribution is 0.140. The molecule has 2 aromatic heterocycles. The molecule has 3 aromatic rings. The van der Waals surface area contributed by atoms with Crippen molar-refractivity contribution in [1.29, 1.82) is 0 Å². The van der Waals surface area contributed by atoms with E-state index in [-0.39, 0.29) is 6.10 Å². The zero-order valence-electron chi connectivity index (χ0n) is 15.1. The first-order valence-electron chi connectivity index (χ1n) is 9.45. The normalized spacial score (nSPS) is 20.2. The fraction of sp³-hybridized carbons (Fsp3) is 0.400. The highest BCUT2D eigenvalue weighted by Gasteiger charge is 2.28. The molecule has 0 bridgehead atoms. The molecule has 2 saturated heterocycles. The Morgan fingerprint density at radius 1 is 1.22 bits per heavy atom. The SMILES string of the molecule is OC1CN(c2nc(NCc3cc4ccccc4[nH]3)cc(C3CCOC3)n2)C1. The number of ether oxygens (including phenoxy) is 1. The average molecular weight is 365 g/mol. The van der Waals surface area contributed by atoms with Gasteiger partial charge in [-0.3, -0.25) is 0 Å². The van der Waals surface area contributed by atoms with E-state index in [4.69, 9.17) is 9.72 Å². The quantitative estimate of drug-likeness (QED) is 0.643. The molecule has 0 aliphatic carbocycles. The average Bonchev–Trinajstić information content (AvgIpc) is 3.33. The van der Waals surface area contributed by atoms with Gasteiger partial charge in [0.2, 0.25) is 5.95 Å². The summed E-state index contributed by atoms with van der Waals surface area (Å²) in [4.78, 5) is 14.8. The monoisotopic (exact) mass is 365 g/mol. The Balaban J connectivity index is 1.38. The zero-order chi connectivity index (χ0) is 18.2. The molecule has 0 spiro atoms. The summed E-state index contributed by atoms with van der Waals surface area (Å²) in [5, 5.41) is 14.2. The molecule has 0 radical (unpaired) electrons. The Bertz CT molecular complexity index is 911. The number of nitrogens with one attached hydrogen (secondary N) is 2. The number of β-amino-alcohol motifs (C(OH)–C–C–N with tert-alkyl or cyclic N) is 1. The van der Waals surface area contributed by atoms with Gasteiger partial charge in [0.1, 0.15) is 5.82 Å². The van der Waals surface area contributed by atoms with E-state index >= 15 is 0 Å². The van der Waals surface area contributed by atoms with Crippen LogP contribution in [-0.2, 0) is 11.3 Å². The maximum absolute atomic E-state index is 9.61. The first-order valence-corrected chi connectivity index (χ1v) is 9.45. The summed E-state index contributed by atoms with van der Waals surface area (Å²) >= 11 is 0. The lowest BCUT2D eigenvalue weighted by atomic mass is 10.0. The molecule has 4 heterocycles. The van der Waals surface area contributed by atoms with E-state index in [9.17, 15) is 5.11 Å². The highest BCUT2D eigenvalue weighted by atomic mass is 16.5. The standard InChI is InChI=1S/C20H23N5O2/c26-16-10-25(11-16)20-23-18(14-5-6-27-12-14)8-19(24-20)21-9-15-7-13-3-1-2-4-17(13)22-15/h1-4,7-8,14,16,22,26H,5-6,9-12H2,(H,21,23,24). The van der Waals surface area contributed by atoms with Crippen LogP contribution in [0.5, 0.6) is 0 Å². The van der Waals surface area contributed by atoms with Crippen molar-refractivity contribution in [2.24, 2.45) is 0 Å². The topological polar surface area (TPSA) is 86.3 Å². The minimum Gasteiger partial charge on any atom is -0.389 e. The Kier molecular flexibility index (Phi) is 4.18. The minimum atomic E-state index is -0.283. The van der Waals surface area contributed by atoms with E-state index in [2.05, 4.69) is 33.5 Å². The van der Waals surface area contributed by atoms with Crippen molar-refractivity contribution in [2.75, 3.05) is 36.5 Å². The maximum atomic E-state index is 9.61. The fourth-order valence-electron chi connectivity index (χ4n) is 3.69. The minimum absolute atomic E-state index is 0.283. The molecular weight excluding hydrogens is 342 g/mol. The molecule has 2 aliphatic rings. The molecule has 0 saturated carbocycles.